The number of benzene rings is 2. The van der Waals surface area contributed by atoms with Gasteiger partial charge in [-0.3, -0.25) is 4.79 Å². The Hall–Kier alpha value is -3.17. The van der Waals surface area contributed by atoms with Crippen molar-refractivity contribution in [2.45, 2.75) is 11.7 Å². The van der Waals surface area contributed by atoms with Gasteiger partial charge in [-0.25, -0.2) is 4.79 Å². The number of carboxylic acid groups (broad SMARTS) is 1. The van der Waals surface area contributed by atoms with E-state index in [1.807, 2.05) is 0 Å². The third kappa shape index (κ3) is 5.90. The highest BCUT2D eigenvalue weighted by atomic mass is 35.5. The highest BCUT2D eigenvalue weighted by Gasteiger charge is 2.30. The van der Waals surface area contributed by atoms with Gasteiger partial charge in [0.25, 0.3) is 0 Å². The molecule has 0 saturated carbocycles. The molecule has 1 atom stereocenters. The molecule has 0 aromatic heterocycles. The summed E-state index contributed by atoms with van der Waals surface area (Å²) in [5.41, 5.74) is 1.06. The lowest BCUT2D eigenvalue weighted by molar-refractivity contribution is -0.305. The first-order chi connectivity index (χ1) is 13.9. The highest BCUT2D eigenvalue weighted by molar-refractivity contribution is 8.15. The summed E-state index contributed by atoms with van der Waals surface area (Å²) in [4.78, 5) is 34.2. The third-order valence-corrected chi connectivity index (χ3v) is 4.98. The zero-order chi connectivity index (χ0) is 20.8. The Labute approximate surface area is 174 Å². The number of hydrogen-bond acceptors (Lipinski definition) is 8. The van der Waals surface area contributed by atoms with Crippen LogP contribution >= 0.6 is 23.4 Å². The van der Waals surface area contributed by atoms with Gasteiger partial charge in [-0.1, -0.05) is 23.4 Å². The molecule has 1 aliphatic heterocycles. The Morgan fingerprint density at radius 2 is 1.86 bits per heavy atom. The molecule has 0 radical (unpaired) electrons. The Morgan fingerprint density at radius 1 is 1.17 bits per heavy atom. The lowest BCUT2D eigenvalue weighted by Crippen LogP contribution is -2.31. The van der Waals surface area contributed by atoms with E-state index < -0.39 is 29.5 Å². The quantitative estimate of drug-likeness (QED) is 0.322. The fourth-order valence-electron chi connectivity index (χ4n) is 2.26. The van der Waals surface area contributed by atoms with E-state index in [0.29, 0.717) is 21.9 Å². The lowest BCUT2D eigenvalue weighted by Gasteiger charge is -2.04. The molecule has 29 heavy (non-hydrogen) atoms. The maximum Gasteiger partial charge on any atom is 0.343 e. The number of aliphatic carboxylic acids is 1. The number of carboxylic acids is 1. The molecule has 1 N–H and O–H groups in total. The summed E-state index contributed by atoms with van der Waals surface area (Å²) in [6.45, 7) is 0. The maximum absolute atomic E-state index is 12.1. The van der Waals surface area contributed by atoms with Crippen molar-refractivity contribution in [2.24, 2.45) is 10.2 Å². The van der Waals surface area contributed by atoms with E-state index in [9.17, 15) is 19.5 Å². The molecule has 1 fully saturated rings. The molecule has 10 heteroatoms. The van der Waals surface area contributed by atoms with E-state index in [0.717, 1.165) is 11.8 Å². The fraction of sp³-hybridized carbons (Fsp3) is 0.105. The average Bonchev–Trinajstić information content (AvgIpc) is 3.02. The Morgan fingerprint density at radius 3 is 2.52 bits per heavy atom. The molecular weight excluding hydrogens is 418 g/mol. The number of ether oxygens (including phenoxy) is 1. The molecule has 2 aromatic carbocycles. The molecular formula is C19H13ClN3O5S-. The van der Waals surface area contributed by atoms with Crippen LogP contribution in [0, 0.1) is 0 Å². The summed E-state index contributed by atoms with van der Waals surface area (Å²) in [6, 6.07) is 12.9. The van der Waals surface area contributed by atoms with Gasteiger partial charge in [0.1, 0.15) is 5.75 Å². The summed E-state index contributed by atoms with van der Waals surface area (Å²) in [7, 11) is 0. The zero-order valence-electron chi connectivity index (χ0n) is 14.7. The minimum Gasteiger partial charge on any atom is -0.550 e. The van der Waals surface area contributed by atoms with E-state index in [2.05, 4.69) is 15.5 Å². The molecule has 1 saturated heterocycles. The molecule has 1 aliphatic rings. The number of carbonyl (C=O) groups is 3. The number of hydrogen-bond donors (Lipinski definition) is 1. The van der Waals surface area contributed by atoms with Crippen LogP contribution in [0.4, 0.5) is 0 Å². The monoisotopic (exact) mass is 430 g/mol. The number of carbonyl (C=O) groups excluding carboxylic acids is 3. The third-order valence-electron chi connectivity index (χ3n) is 3.65. The molecule has 0 spiro atoms. The summed E-state index contributed by atoms with van der Waals surface area (Å²) in [5, 5.41) is 20.7. The van der Waals surface area contributed by atoms with Crippen LogP contribution < -0.4 is 15.2 Å². The first-order valence-corrected chi connectivity index (χ1v) is 9.52. The Balaban J connectivity index is 1.56. The van der Waals surface area contributed by atoms with Crippen LogP contribution in [0.2, 0.25) is 5.02 Å². The first-order valence-electron chi connectivity index (χ1n) is 8.27. The smallest absolute Gasteiger partial charge is 0.343 e. The molecule has 3 rings (SSSR count). The van der Waals surface area contributed by atoms with Gasteiger partial charge in [-0.15, -0.1) is 5.10 Å². The summed E-state index contributed by atoms with van der Waals surface area (Å²) in [5.74, 6) is -1.90. The first kappa shape index (κ1) is 20.6. The van der Waals surface area contributed by atoms with Crippen molar-refractivity contribution in [3.05, 3.63) is 64.7 Å². The molecule has 2 aromatic rings. The summed E-state index contributed by atoms with van der Waals surface area (Å²) >= 11 is 6.77. The van der Waals surface area contributed by atoms with E-state index in [1.54, 1.807) is 48.5 Å². The van der Waals surface area contributed by atoms with Crippen molar-refractivity contribution < 1.29 is 24.2 Å². The number of thioether (sulfide) groups is 1. The molecule has 1 amide bonds. The second-order valence-electron chi connectivity index (χ2n) is 5.79. The van der Waals surface area contributed by atoms with Gasteiger partial charge in [0.05, 0.1) is 17.0 Å². The van der Waals surface area contributed by atoms with Crippen LogP contribution in [0.3, 0.4) is 0 Å². The Kier molecular flexibility index (Phi) is 6.63. The van der Waals surface area contributed by atoms with Crippen molar-refractivity contribution >= 4 is 52.6 Å². The van der Waals surface area contributed by atoms with Crippen LogP contribution in [-0.4, -0.2) is 34.5 Å². The topological polar surface area (TPSA) is 120 Å². The van der Waals surface area contributed by atoms with Gasteiger partial charge in [0.15, 0.2) is 5.17 Å². The van der Waals surface area contributed by atoms with Gasteiger partial charge in [0, 0.05) is 17.4 Å². The van der Waals surface area contributed by atoms with Crippen LogP contribution in [0.1, 0.15) is 22.3 Å². The van der Waals surface area contributed by atoms with Crippen molar-refractivity contribution in [1.82, 2.24) is 5.32 Å². The minimum absolute atomic E-state index is 0.214. The lowest BCUT2D eigenvalue weighted by atomic mass is 10.2. The maximum atomic E-state index is 12.1. The number of nitrogens with zero attached hydrogens (tertiary/aromatic N) is 2. The SMILES string of the molecule is O=C([O-])C[C@@H]1S/C(=N\N=C/c2ccc(OC(=O)c3ccc(Cl)cc3)cc2)NC1=O. The molecule has 0 unspecified atom stereocenters. The second kappa shape index (κ2) is 9.35. The summed E-state index contributed by atoms with van der Waals surface area (Å²) < 4.78 is 5.28. The van der Waals surface area contributed by atoms with Crippen LogP contribution in [0.25, 0.3) is 0 Å². The van der Waals surface area contributed by atoms with Gasteiger partial charge in [-0.2, -0.15) is 5.10 Å². The second-order valence-corrected chi connectivity index (χ2v) is 7.41. The number of halogens is 1. The summed E-state index contributed by atoms with van der Waals surface area (Å²) in [6.07, 6.45) is 1.05. The fourth-order valence-corrected chi connectivity index (χ4v) is 3.29. The number of rotatable bonds is 6. The standard InChI is InChI=1S/C19H14ClN3O5S/c20-13-5-3-12(4-6-13)18(27)28-14-7-1-11(2-8-14)10-21-23-19-22-17(26)15(29-19)9-16(24)25/h1-8,10,15H,9H2,(H,24,25)(H,22,23,26)/p-1/b21-10-/t15-/m0/s1. The molecule has 0 bridgehead atoms. The average molecular weight is 431 g/mol. The van der Waals surface area contributed by atoms with Crippen molar-refractivity contribution in [3.8, 4) is 5.75 Å². The van der Waals surface area contributed by atoms with Crippen LogP contribution in [-0.2, 0) is 9.59 Å². The van der Waals surface area contributed by atoms with Gasteiger partial charge >= 0.3 is 5.97 Å². The van der Waals surface area contributed by atoms with Crippen LogP contribution in [0.5, 0.6) is 5.75 Å². The van der Waals surface area contributed by atoms with Gasteiger partial charge < -0.3 is 20.0 Å². The predicted molar refractivity (Wildman–Crippen MR) is 107 cm³/mol. The van der Waals surface area contributed by atoms with Crippen molar-refractivity contribution in [3.63, 3.8) is 0 Å². The molecule has 148 valence electrons. The van der Waals surface area contributed by atoms with Crippen molar-refractivity contribution in [1.29, 1.82) is 0 Å². The van der Waals surface area contributed by atoms with E-state index in [4.69, 9.17) is 16.3 Å². The van der Waals surface area contributed by atoms with Gasteiger partial charge in [-0.05, 0) is 54.1 Å². The van der Waals surface area contributed by atoms with E-state index >= 15 is 0 Å². The number of esters is 1. The number of amides is 1. The number of nitrogens with one attached hydrogen (secondary N) is 1. The Bertz CT molecular complexity index is 990. The minimum atomic E-state index is -1.31. The van der Waals surface area contributed by atoms with Crippen molar-refractivity contribution in [2.75, 3.05) is 0 Å². The number of amidine groups is 1. The molecule has 0 aliphatic carbocycles. The largest absolute Gasteiger partial charge is 0.550 e. The van der Waals surface area contributed by atoms with E-state index in [-0.39, 0.29) is 5.17 Å². The zero-order valence-corrected chi connectivity index (χ0v) is 16.3. The van der Waals surface area contributed by atoms with Gasteiger partial charge in [0.2, 0.25) is 5.91 Å². The highest BCUT2D eigenvalue weighted by Crippen LogP contribution is 2.22. The van der Waals surface area contributed by atoms with Crippen LogP contribution in [0.15, 0.2) is 58.7 Å². The molecule has 8 nitrogen and oxygen atoms in total. The molecule has 1 heterocycles. The normalized spacial score (nSPS) is 17.5. The van der Waals surface area contributed by atoms with E-state index in [1.165, 1.54) is 6.21 Å². The predicted octanol–water partition coefficient (Wildman–Crippen LogP) is 1.62.